The molecule has 0 spiro atoms. The van der Waals surface area contributed by atoms with Gasteiger partial charge in [0.1, 0.15) is 13.2 Å². The molecule has 0 aromatic heterocycles. The van der Waals surface area contributed by atoms with Crippen LogP contribution in [0.1, 0.15) is 252 Å². The lowest BCUT2D eigenvalue weighted by Crippen LogP contribution is -2.30. The molecule has 392 valence electrons. The van der Waals surface area contributed by atoms with E-state index in [0.717, 1.165) is 109 Å². The first kappa shape index (κ1) is 65.1. The molecule has 0 aliphatic carbocycles. The molecule has 6 heteroatoms. The number of allylic oxidation sites excluding steroid dienone is 18. The van der Waals surface area contributed by atoms with E-state index in [1.165, 1.54) is 96.3 Å². The van der Waals surface area contributed by atoms with E-state index in [2.05, 4.69) is 118 Å². The van der Waals surface area contributed by atoms with Crippen LogP contribution in [0, 0.1) is 0 Å². The number of ether oxygens (including phenoxy) is 3. The van der Waals surface area contributed by atoms with Crippen LogP contribution in [0.15, 0.2) is 109 Å². The number of carbonyl (C=O) groups is 3. The molecule has 69 heavy (non-hydrogen) atoms. The first-order chi connectivity index (χ1) is 34.0. The largest absolute Gasteiger partial charge is 0.462 e. The summed E-state index contributed by atoms with van der Waals surface area (Å²) in [5, 5.41) is 0. The van der Waals surface area contributed by atoms with Gasteiger partial charge in [-0.3, -0.25) is 14.4 Å². The molecule has 0 aromatic carbocycles. The molecule has 0 bridgehead atoms. The maximum atomic E-state index is 12.7. The zero-order valence-corrected chi connectivity index (χ0v) is 44.8. The van der Waals surface area contributed by atoms with Gasteiger partial charge < -0.3 is 14.2 Å². The van der Waals surface area contributed by atoms with Crippen LogP contribution in [0.25, 0.3) is 0 Å². The number of carbonyl (C=O) groups excluding carboxylic acids is 3. The molecule has 0 aromatic rings. The Bertz CT molecular complexity index is 1420. The number of unbranched alkanes of at least 4 members (excludes halogenated alkanes) is 21. The van der Waals surface area contributed by atoms with Gasteiger partial charge in [0, 0.05) is 19.3 Å². The molecule has 6 nitrogen and oxygen atoms in total. The van der Waals surface area contributed by atoms with Crippen LogP contribution in [0.3, 0.4) is 0 Å². The number of esters is 3. The number of hydrogen-bond acceptors (Lipinski definition) is 6. The average Bonchev–Trinajstić information content (AvgIpc) is 3.35. The van der Waals surface area contributed by atoms with Gasteiger partial charge in [-0.2, -0.15) is 0 Å². The lowest BCUT2D eigenvalue weighted by atomic mass is 10.0. The second-order valence-corrected chi connectivity index (χ2v) is 18.4. The van der Waals surface area contributed by atoms with Gasteiger partial charge >= 0.3 is 17.9 Å². The molecule has 0 rings (SSSR count). The highest BCUT2D eigenvalue weighted by atomic mass is 16.6. The zero-order valence-electron chi connectivity index (χ0n) is 44.8. The van der Waals surface area contributed by atoms with Crippen molar-refractivity contribution in [2.75, 3.05) is 13.2 Å². The monoisotopic (exact) mass is 957 g/mol. The Balaban J connectivity index is 3.98. The van der Waals surface area contributed by atoms with Crippen molar-refractivity contribution in [3.63, 3.8) is 0 Å². The van der Waals surface area contributed by atoms with E-state index in [9.17, 15) is 14.4 Å². The summed E-state index contributed by atoms with van der Waals surface area (Å²) in [4.78, 5) is 37.6. The molecule has 1 unspecified atom stereocenters. The molecular formula is C63H104O6. The van der Waals surface area contributed by atoms with Crippen molar-refractivity contribution in [3.8, 4) is 0 Å². The molecule has 1 atom stereocenters. The van der Waals surface area contributed by atoms with E-state index in [1.54, 1.807) is 0 Å². The topological polar surface area (TPSA) is 78.9 Å². The van der Waals surface area contributed by atoms with Crippen molar-refractivity contribution < 1.29 is 28.6 Å². The summed E-state index contributed by atoms with van der Waals surface area (Å²) in [5.41, 5.74) is 0. The Kier molecular flexibility index (Phi) is 53.4. The Morgan fingerprint density at radius 3 is 0.942 bits per heavy atom. The summed E-state index contributed by atoms with van der Waals surface area (Å²) in [5.74, 6) is -1.00. The second-order valence-electron chi connectivity index (χ2n) is 18.4. The summed E-state index contributed by atoms with van der Waals surface area (Å²) in [6, 6.07) is 0. The standard InChI is InChI=1S/C63H104O6/c1-4-7-10-13-15-17-19-21-22-23-24-25-26-27-28-29-30-31-32-33-34-35-36-37-38-39-40-42-43-45-47-50-53-56-62(65)68-59-60(58-67-61(64)55-52-49-12-9-6-3)69-63(66)57-54-51-48-46-44-41-20-18-16-14-11-8-5-2/h7-8,10-11,15-18,21-22,24-25,27-28,41,44,48,51,60H,4-6,9,12-14,19-20,23,26,29-40,42-43,45-47,49-50,52-59H2,1-3H3/b10-7-,11-8-,17-15-,18-16-,22-21-,25-24-,28-27-,44-41-,51-48-. The van der Waals surface area contributed by atoms with Crippen molar-refractivity contribution >= 4 is 17.9 Å². The smallest absolute Gasteiger partial charge is 0.306 e. The van der Waals surface area contributed by atoms with Crippen LogP contribution in [0.5, 0.6) is 0 Å². The van der Waals surface area contributed by atoms with Crippen molar-refractivity contribution in [1.29, 1.82) is 0 Å². The Labute approximate surface area is 425 Å². The van der Waals surface area contributed by atoms with Crippen molar-refractivity contribution in [3.05, 3.63) is 109 Å². The maximum absolute atomic E-state index is 12.7. The molecule has 0 saturated heterocycles. The number of rotatable bonds is 50. The van der Waals surface area contributed by atoms with Gasteiger partial charge in [-0.25, -0.2) is 0 Å². The van der Waals surface area contributed by atoms with Gasteiger partial charge in [-0.15, -0.1) is 0 Å². The molecule has 0 N–H and O–H groups in total. The van der Waals surface area contributed by atoms with Gasteiger partial charge in [-0.05, 0) is 89.9 Å². The molecule has 0 amide bonds. The van der Waals surface area contributed by atoms with E-state index in [1.807, 2.05) is 12.2 Å². The van der Waals surface area contributed by atoms with Crippen LogP contribution >= 0.6 is 0 Å². The minimum atomic E-state index is -0.810. The zero-order chi connectivity index (χ0) is 50.0. The fourth-order valence-corrected chi connectivity index (χ4v) is 7.60. The maximum Gasteiger partial charge on any atom is 0.306 e. The highest BCUT2D eigenvalue weighted by Gasteiger charge is 2.19. The van der Waals surface area contributed by atoms with Gasteiger partial charge in [0.05, 0.1) is 0 Å². The minimum Gasteiger partial charge on any atom is -0.462 e. The first-order valence-electron chi connectivity index (χ1n) is 28.4. The lowest BCUT2D eigenvalue weighted by Gasteiger charge is -2.18. The van der Waals surface area contributed by atoms with E-state index < -0.39 is 12.1 Å². The molecule has 0 saturated carbocycles. The summed E-state index contributed by atoms with van der Waals surface area (Å²) in [6.07, 6.45) is 77.4. The number of hydrogen-bond donors (Lipinski definition) is 0. The quantitative estimate of drug-likeness (QED) is 0.0262. The average molecular weight is 958 g/mol. The molecule has 0 aliphatic rings. The summed E-state index contributed by atoms with van der Waals surface area (Å²) in [6.45, 7) is 6.25. The Hall–Kier alpha value is -3.93. The molecule has 0 heterocycles. The van der Waals surface area contributed by atoms with Crippen LogP contribution in [0.2, 0.25) is 0 Å². The third kappa shape index (κ3) is 54.9. The van der Waals surface area contributed by atoms with Gasteiger partial charge in [-0.1, -0.05) is 252 Å². The predicted molar refractivity (Wildman–Crippen MR) is 297 cm³/mol. The van der Waals surface area contributed by atoms with Crippen LogP contribution in [-0.4, -0.2) is 37.2 Å². The molecule has 0 fully saturated rings. The summed E-state index contributed by atoms with van der Waals surface area (Å²) >= 11 is 0. The highest BCUT2D eigenvalue weighted by Crippen LogP contribution is 2.16. The van der Waals surface area contributed by atoms with Crippen molar-refractivity contribution in [1.82, 2.24) is 0 Å². The molecule has 0 radical (unpaired) electrons. The fraction of sp³-hybridized carbons (Fsp3) is 0.667. The highest BCUT2D eigenvalue weighted by molar-refractivity contribution is 5.71. The SMILES string of the molecule is CC/C=C\C/C=C\C/C=C\C/C=C\C/C=C\CCCCCCCCCCCCCCCCCCCC(=O)OCC(COC(=O)CCCCCCC)OC(=O)CC/C=C\C/C=C\C/C=C\C/C=C\CC. The summed E-state index contributed by atoms with van der Waals surface area (Å²) < 4.78 is 16.6. The van der Waals surface area contributed by atoms with E-state index in [0.29, 0.717) is 19.3 Å². The van der Waals surface area contributed by atoms with E-state index in [-0.39, 0.29) is 31.6 Å². The van der Waals surface area contributed by atoms with Gasteiger partial charge in [0.15, 0.2) is 6.10 Å². The Morgan fingerprint density at radius 2 is 0.594 bits per heavy atom. The predicted octanol–water partition coefficient (Wildman–Crippen LogP) is 19.1. The minimum absolute atomic E-state index is 0.105. The van der Waals surface area contributed by atoms with Crippen LogP contribution in [0.4, 0.5) is 0 Å². The van der Waals surface area contributed by atoms with Gasteiger partial charge in [0.2, 0.25) is 0 Å². The van der Waals surface area contributed by atoms with Gasteiger partial charge in [0.25, 0.3) is 0 Å². The van der Waals surface area contributed by atoms with Crippen molar-refractivity contribution in [2.24, 2.45) is 0 Å². The van der Waals surface area contributed by atoms with Crippen molar-refractivity contribution in [2.45, 2.75) is 258 Å². The van der Waals surface area contributed by atoms with E-state index in [4.69, 9.17) is 14.2 Å². The van der Waals surface area contributed by atoms with E-state index >= 15 is 0 Å². The summed E-state index contributed by atoms with van der Waals surface area (Å²) in [7, 11) is 0. The second kappa shape index (κ2) is 56.7. The van der Waals surface area contributed by atoms with Crippen LogP contribution < -0.4 is 0 Å². The molecule has 0 aliphatic heterocycles. The Morgan fingerprint density at radius 1 is 0.304 bits per heavy atom. The molecular weight excluding hydrogens is 853 g/mol. The normalized spacial score (nSPS) is 12.9. The van der Waals surface area contributed by atoms with Crippen LogP contribution in [-0.2, 0) is 28.6 Å². The third-order valence-corrected chi connectivity index (χ3v) is 11.8. The fourth-order valence-electron chi connectivity index (χ4n) is 7.60. The first-order valence-corrected chi connectivity index (χ1v) is 28.4. The lowest BCUT2D eigenvalue weighted by molar-refractivity contribution is -0.166. The third-order valence-electron chi connectivity index (χ3n) is 11.8.